The van der Waals surface area contributed by atoms with E-state index < -0.39 is 0 Å². The van der Waals surface area contributed by atoms with Gasteiger partial charge in [-0.2, -0.15) is 0 Å². The minimum absolute atomic E-state index is 0.116. The second kappa shape index (κ2) is 10.1. The first-order valence-corrected chi connectivity index (χ1v) is 9.85. The molecule has 0 saturated heterocycles. The van der Waals surface area contributed by atoms with Crippen molar-refractivity contribution in [1.82, 2.24) is 5.32 Å². The lowest BCUT2D eigenvalue weighted by Gasteiger charge is -2.18. The van der Waals surface area contributed by atoms with Crippen LogP contribution in [0.3, 0.4) is 0 Å². The molecular formula is C22H28ClN3O2. The summed E-state index contributed by atoms with van der Waals surface area (Å²) in [5.74, 6) is 0.488. The Morgan fingerprint density at radius 2 is 1.57 bits per heavy atom. The molecular weight excluding hydrogens is 374 g/mol. The van der Waals surface area contributed by atoms with E-state index in [0.29, 0.717) is 22.2 Å². The molecule has 0 bridgehead atoms. The molecule has 1 unspecified atom stereocenters. The average molecular weight is 402 g/mol. The molecule has 2 aromatic carbocycles. The van der Waals surface area contributed by atoms with Crippen LogP contribution in [0, 0.1) is 5.92 Å². The summed E-state index contributed by atoms with van der Waals surface area (Å²) in [5, 5.41) is 6.35. The average Bonchev–Trinajstić information content (AvgIpc) is 2.66. The van der Waals surface area contributed by atoms with Crippen LogP contribution in [-0.4, -0.2) is 25.0 Å². The Kier molecular flexibility index (Phi) is 7.88. The molecule has 1 atom stereocenters. The van der Waals surface area contributed by atoms with Crippen LogP contribution in [0.25, 0.3) is 0 Å². The molecule has 0 aliphatic heterocycles. The van der Waals surface area contributed by atoms with E-state index >= 15 is 0 Å². The van der Waals surface area contributed by atoms with Gasteiger partial charge in [-0.05, 0) is 74.2 Å². The number of anilines is 2. The molecule has 6 heteroatoms. The second-order valence-corrected chi connectivity index (χ2v) is 7.83. The number of hydrogen-bond donors (Lipinski definition) is 2. The predicted octanol–water partition coefficient (Wildman–Crippen LogP) is 5.56. The van der Waals surface area contributed by atoms with Crippen molar-refractivity contribution in [3.05, 3.63) is 59.1 Å². The number of carbonyl (C=O) groups excluding carboxylic acids is 2. The van der Waals surface area contributed by atoms with Crippen molar-refractivity contribution in [2.45, 2.75) is 39.7 Å². The number of rotatable bonds is 7. The lowest BCUT2D eigenvalue weighted by Crippen LogP contribution is -2.36. The monoisotopic (exact) mass is 401 g/mol. The first-order chi connectivity index (χ1) is 13.3. The van der Waals surface area contributed by atoms with Gasteiger partial charge in [-0.1, -0.05) is 25.4 Å². The largest absolute Gasteiger partial charge is 0.335 e. The number of urea groups is 1. The van der Waals surface area contributed by atoms with Crippen molar-refractivity contribution in [2.75, 3.05) is 17.3 Å². The number of halogens is 1. The molecule has 3 amide bonds. The van der Waals surface area contributed by atoms with Gasteiger partial charge in [0.05, 0.1) is 0 Å². The van der Waals surface area contributed by atoms with Gasteiger partial charge < -0.3 is 15.5 Å². The molecule has 5 nitrogen and oxygen atoms in total. The fourth-order valence-corrected chi connectivity index (χ4v) is 2.84. The van der Waals surface area contributed by atoms with Gasteiger partial charge in [0, 0.05) is 35.1 Å². The first-order valence-electron chi connectivity index (χ1n) is 9.47. The summed E-state index contributed by atoms with van der Waals surface area (Å²) in [4.78, 5) is 26.2. The van der Waals surface area contributed by atoms with Gasteiger partial charge in [-0.3, -0.25) is 4.79 Å². The molecule has 0 spiro atoms. The molecule has 2 aromatic rings. The minimum Gasteiger partial charge on any atom is -0.335 e. The van der Waals surface area contributed by atoms with Crippen LogP contribution in [0.4, 0.5) is 16.2 Å². The number of benzene rings is 2. The van der Waals surface area contributed by atoms with Crippen molar-refractivity contribution < 1.29 is 9.59 Å². The highest BCUT2D eigenvalue weighted by atomic mass is 35.5. The fraction of sp³-hybridized carbons (Fsp3) is 0.364. The van der Waals surface area contributed by atoms with Gasteiger partial charge in [-0.15, -0.1) is 0 Å². The standard InChI is InChI=1S/C22H28ClN3O2/c1-15(2)5-6-16(3)24-22(28)25-19-11-13-20(14-12-19)26(4)21(27)17-7-9-18(23)10-8-17/h7-16H,5-6H2,1-4H3,(H2,24,25,28). The summed E-state index contributed by atoms with van der Waals surface area (Å²) < 4.78 is 0. The van der Waals surface area contributed by atoms with Gasteiger partial charge in [0.25, 0.3) is 5.91 Å². The van der Waals surface area contributed by atoms with Crippen molar-refractivity contribution >= 4 is 34.9 Å². The Morgan fingerprint density at radius 1 is 0.964 bits per heavy atom. The number of nitrogens with zero attached hydrogens (tertiary/aromatic N) is 1. The zero-order chi connectivity index (χ0) is 20.7. The summed E-state index contributed by atoms with van der Waals surface area (Å²) in [6, 6.07) is 13.8. The fourth-order valence-electron chi connectivity index (χ4n) is 2.72. The number of nitrogens with one attached hydrogen (secondary N) is 2. The van der Waals surface area contributed by atoms with Gasteiger partial charge in [0.2, 0.25) is 0 Å². The van der Waals surface area contributed by atoms with E-state index in [9.17, 15) is 9.59 Å². The van der Waals surface area contributed by atoms with E-state index in [2.05, 4.69) is 24.5 Å². The lowest BCUT2D eigenvalue weighted by atomic mass is 10.0. The number of carbonyl (C=O) groups is 2. The summed E-state index contributed by atoms with van der Waals surface area (Å²) in [6.45, 7) is 6.34. The summed E-state index contributed by atoms with van der Waals surface area (Å²) in [5.41, 5.74) is 1.96. The highest BCUT2D eigenvalue weighted by Crippen LogP contribution is 2.20. The Morgan fingerprint density at radius 3 is 2.14 bits per heavy atom. The van der Waals surface area contributed by atoms with Crippen molar-refractivity contribution in [2.24, 2.45) is 5.92 Å². The Bertz CT molecular complexity index is 788. The van der Waals surface area contributed by atoms with Crippen LogP contribution < -0.4 is 15.5 Å². The van der Waals surface area contributed by atoms with Gasteiger partial charge >= 0.3 is 6.03 Å². The maximum atomic E-state index is 12.6. The number of amides is 3. The molecule has 2 N–H and O–H groups in total. The van der Waals surface area contributed by atoms with Crippen LogP contribution in [-0.2, 0) is 0 Å². The lowest BCUT2D eigenvalue weighted by molar-refractivity contribution is 0.0993. The van der Waals surface area contributed by atoms with E-state index in [1.807, 2.05) is 6.92 Å². The maximum absolute atomic E-state index is 12.6. The SMILES string of the molecule is CC(C)CCC(C)NC(=O)Nc1ccc(N(C)C(=O)c2ccc(Cl)cc2)cc1. The third-order valence-corrected chi connectivity index (χ3v) is 4.71. The Labute approximate surface area is 172 Å². The summed E-state index contributed by atoms with van der Waals surface area (Å²) >= 11 is 5.87. The molecule has 0 radical (unpaired) electrons. The van der Waals surface area contributed by atoms with Crippen LogP contribution in [0.1, 0.15) is 44.0 Å². The highest BCUT2D eigenvalue weighted by Gasteiger charge is 2.14. The molecule has 0 aliphatic rings. The van der Waals surface area contributed by atoms with Crippen molar-refractivity contribution in [3.8, 4) is 0 Å². The molecule has 0 aliphatic carbocycles. The van der Waals surface area contributed by atoms with Crippen LogP contribution in [0.15, 0.2) is 48.5 Å². The maximum Gasteiger partial charge on any atom is 0.319 e. The van der Waals surface area contributed by atoms with Crippen LogP contribution in [0.5, 0.6) is 0 Å². The molecule has 2 rings (SSSR count). The number of hydrogen-bond acceptors (Lipinski definition) is 2. The van der Waals surface area contributed by atoms with Gasteiger partial charge in [-0.25, -0.2) is 4.79 Å². The smallest absolute Gasteiger partial charge is 0.319 e. The zero-order valence-electron chi connectivity index (χ0n) is 16.8. The molecule has 0 saturated carbocycles. The normalized spacial score (nSPS) is 11.8. The van der Waals surface area contributed by atoms with Crippen LogP contribution in [0.2, 0.25) is 5.02 Å². The molecule has 0 heterocycles. The quantitative estimate of drug-likeness (QED) is 0.637. The molecule has 150 valence electrons. The van der Waals surface area contributed by atoms with Crippen molar-refractivity contribution in [1.29, 1.82) is 0 Å². The second-order valence-electron chi connectivity index (χ2n) is 7.39. The van der Waals surface area contributed by atoms with E-state index in [4.69, 9.17) is 11.6 Å². The zero-order valence-corrected chi connectivity index (χ0v) is 17.6. The highest BCUT2D eigenvalue weighted by molar-refractivity contribution is 6.30. The van der Waals surface area contributed by atoms with Crippen molar-refractivity contribution in [3.63, 3.8) is 0 Å². The van der Waals surface area contributed by atoms with E-state index in [1.54, 1.807) is 60.5 Å². The van der Waals surface area contributed by atoms with E-state index in [1.165, 1.54) is 0 Å². The van der Waals surface area contributed by atoms with Crippen LogP contribution >= 0.6 is 11.6 Å². The van der Waals surface area contributed by atoms with E-state index in [0.717, 1.165) is 18.5 Å². The van der Waals surface area contributed by atoms with E-state index in [-0.39, 0.29) is 18.0 Å². The minimum atomic E-state index is -0.227. The summed E-state index contributed by atoms with van der Waals surface area (Å²) in [6.07, 6.45) is 2.02. The van der Waals surface area contributed by atoms with Gasteiger partial charge in [0.1, 0.15) is 0 Å². The topological polar surface area (TPSA) is 61.4 Å². The summed E-state index contributed by atoms with van der Waals surface area (Å²) in [7, 11) is 1.71. The Hall–Kier alpha value is -2.53. The third kappa shape index (κ3) is 6.57. The molecule has 28 heavy (non-hydrogen) atoms. The molecule has 0 aromatic heterocycles. The third-order valence-electron chi connectivity index (χ3n) is 4.46. The van der Waals surface area contributed by atoms with Gasteiger partial charge in [0.15, 0.2) is 0 Å². The molecule has 0 fully saturated rings. The Balaban J connectivity index is 1.92. The predicted molar refractivity (Wildman–Crippen MR) is 116 cm³/mol. The first kappa shape index (κ1) is 21.8.